The number of nitrogens with one attached hydrogen (secondary N) is 1. The second-order valence-electron chi connectivity index (χ2n) is 11.6. The van der Waals surface area contributed by atoms with Crippen LogP contribution in [0.1, 0.15) is 26.7 Å². The molecule has 4 rings (SSSR count). The lowest BCUT2D eigenvalue weighted by Crippen LogP contribution is -2.38. The number of para-hydroxylation sites is 4. The fraction of sp³-hybridized carbons (Fsp3) is 0.306. The molecule has 15 nitrogen and oxygen atoms in total. The molecule has 1 amide bonds. The summed E-state index contributed by atoms with van der Waals surface area (Å²) in [6.07, 6.45) is -3.98. The fourth-order valence-corrected chi connectivity index (χ4v) is 7.99. The van der Waals surface area contributed by atoms with E-state index in [9.17, 15) is 36.2 Å². The lowest BCUT2D eigenvalue weighted by atomic mass is 10.3. The van der Waals surface area contributed by atoms with Crippen molar-refractivity contribution in [2.45, 2.75) is 32.9 Å². The first-order chi connectivity index (χ1) is 27.1. The zero-order chi connectivity index (χ0) is 43.7. The lowest BCUT2D eigenvalue weighted by Gasteiger charge is -2.20. The van der Waals surface area contributed by atoms with Crippen molar-refractivity contribution in [3.63, 3.8) is 0 Å². The first-order valence-corrected chi connectivity index (χ1v) is 24.5. The van der Waals surface area contributed by atoms with E-state index in [1.807, 2.05) is 43.3 Å². The van der Waals surface area contributed by atoms with Gasteiger partial charge in [-0.2, -0.15) is 13.2 Å². The minimum absolute atomic E-state index is 0.00694. The quantitative estimate of drug-likeness (QED) is 0.0545. The number of rotatable bonds is 17. The number of benzene rings is 4. The molecule has 0 radical (unpaired) electrons. The molecule has 0 saturated heterocycles. The zero-order valence-corrected chi connectivity index (χ0v) is 35.2. The molecule has 322 valence electrons. The smallest absolute Gasteiger partial charge is 0.416 e. The Bertz CT molecular complexity index is 1810. The van der Waals surface area contributed by atoms with Gasteiger partial charge in [0.05, 0.1) is 18.5 Å². The molecule has 7 N–H and O–H groups in total. The zero-order valence-electron chi connectivity index (χ0n) is 31.7. The van der Waals surface area contributed by atoms with Gasteiger partial charge < -0.3 is 48.7 Å². The highest BCUT2D eigenvalue weighted by molar-refractivity contribution is 7.55. The van der Waals surface area contributed by atoms with Gasteiger partial charge in [-0.25, -0.2) is 9.13 Å². The first kappa shape index (κ1) is 52.1. The molecule has 0 aliphatic carbocycles. The number of nitrogens with two attached hydrogens (primary N) is 1. The van der Waals surface area contributed by atoms with Gasteiger partial charge in [0.15, 0.2) is 0 Å². The molecular formula is C36H49F3N2O13P4. The van der Waals surface area contributed by atoms with Crippen LogP contribution in [0.3, 0.4) is 0 Å². The molecule has 58 heavy (non-hydrogen) atoms. The minimum atomic E-state index is -5.01. The third kappa shape index (κ3) is 25.4. The van der Waals surface area contributed by atoms with Gasteiger partial charge in [-0.05, 0) is 61.4 Å². The molecule has 0 bridgehead atoms. The van der Waals surface area contributed by atoms with Crippen LogP contribution in [-0.4, -0.2) is 69.4 Å². The summed E-state index contributed by atoms with van der Waals surface area (Å²) in [7, 11) is -14.5. The number of amides is 1. The molecule has 0 fully saturated rings. The van der Waals surface area contributed by atoms with Crippen molar-refractivity contribution in [2.75, 3.05) is 37.7 Å². The van der Waals surface area contributed by atoms with Crippen LogP contribution < -0.4 is 29.1 Å². The van der Waals surface area contributed by atoms with Crippen LogP contribution in [-0.2, 0) is 23.1 Å². The van der Waals surface area contributed by atoms with Gasteiger partial charge >= 0.3 is 42.5 Å². The maximum absolute atomic E-state index is 12.9. The van der Waals surface area contributed by atoms with Gasteiger partial charge in [0.1, 0.15) is 23.0 Å². The summed E-state index contributed by atoms with van der Waals surface area (Å²) < 4.78 is 104. The molecule has 0 aliphatic rings. The first-order valence-electron chi connectivity index (χ1n) is 17.4. The van der Waals surface area contributed by atoms with Gasteiger partial charge in [0.25, 0.3) is 0 Å². The summed E-state index contributed by atoms with van der Waals surface area (Å²) in [4.78, 5) is 43.2. The monoisotopic (exact) mass is 898 g/mol. The molecule has 0 aliphatic heterocycles. The van der Waals surface area contributed by atoms with E-state index in [0.29, 0.717) is 24.1 Å². The van der Waals surface area contributed by atoms with Gasteiger partial charge in [0, 0.05) is 19.3 Å². The Morgan fingerprint density at radius 2 is 0.845 bits per heavy atom. The average molecular weight is 899 g/mol. The van der Waals surface area contributed by atoms with Crippen LogP contribution in [0.4, 0.5) is 13.2 Å². The molecule has 22 heteroatoms. The summed E-state index contributed by atoms with van der Waals surface area (Å²) in [6, 6.07) is 34.4. The highest BCUT2D eigenvalue weighted by Gasteiger charge is 2.39. The average Bonchev–Trinajstić information content (AvgIpc) is 3.12. The van der Waals surface area contributed by atoms with E-state index in [1.54, 1.807) is 72.9 Å². The number of carbonyl (C=O) groups excluding carboxylic acids is 1. The van der Waals surface area contributed by atoms with Gasteiger partial charge in [0.2, 0.25) is 0 Å². The summed E-state index contributed by atoms with van der Waals surface area (Å²) in [5.41, 5.74) is 4.82. The van der Waals surface area contributed by atoms with E-state index in [0.717, 1.165) is 6.42 Å². The van der Waals surface area contributed by atoms with E-state index in [-0.39, 0.29) is 30.4 Å². The second-order valence-corrected chi connectivity index (χ2v) is 19.2. The van der Waals surface area contributed by atoms with E-state index in [2.05, 4.69) is 0 Å². The van der Waals surface area contributed by atoms with Crippen molar-refractivity contribution in [1.29, 1.82) is 0 Å². The number of hydrogen-bond donors (Lipinski definition) is 6. The highest BCUT2D eigenvalue weighted by Crippen LogP contribution is 2.49. The van der Waals surface area contributed by atoms with Crippen molar-refractivity contribution in [3.05, 3.63) is 121 Å². The Morgan fingerprint density at radius 3 is 1.05 bits per heavy atom. The molecule has 0 heterocycles. The van der Waals surface area contributed by atoms with Crippen LogP contribution in [0.25, 0.3) is 0 Å². The molecule has 4 aromatic carbocycles. The highest BCUT2D eigenvalue weighted by atomic mass is 31.2. The van der Waals surface area contributed by atoms with Gasteiger partial charge in [-0.1, -0.05) is 86.6 Å². The molecule has 0 spiro atoms. The predicted octanol–water partition coefficient (Wildman–Crippen LogP) is 8.46. The Kier molecular flexibility index (Phi) is 23.5. The predicted molar refractivity (Wildman–Crippen MR) is 216 cm³/mol. The maximum atomic E-state index is 12.9. The van der Waals surface area contributed by atoms with Gasteiger partial charge in [-0.15, -0.1) is 0 Å². The van der Waals surface area contributed by atoms with E-state index >= 15 is 0 Å². The standard InChI is InChI=1S/C16H15F3NO4P.C15H17O3P.C3H9O3P.C2H8NO3P/c17-16(18,19)15(21)20-11-12-25(22,23-13-7-3-1-4-8-13)24-14-9-5-2-6-10-14;1-2-13-19(16,17-14-9-5-3-6-10-14)18-15-11-7-4-8-12-15;1-2-3-7(4,5)6;3-1-2-7(4,5)6/h1-10H,11-12H2,(H,20,21);3-12H,2,13H2,1H3;2-3H2,1H3,(H2,4,5,6);1-3H2,(H2,4,5,6). The Hall–Kier alpha value is -3.94. The normalized spacial score (nSPS) is 11.5. The summed E-state index contributed by atoms with van der Waals surface area (Å²) in [5, 5.41) is 1.65. The van der Waals surface area contributed by atoms with E-state index in [4.69, 9.17) is 43.4 Å². The van der Waals surface area contributed by atoms with Crippen LogP contribution in [0.5, 0.6) is 23.0 Å². The van der Waals surface area contributed by atoms with Crippen LogP contribution in [0.2, 0.25) is 0 Å². The molecule has 0 saturated carbocycles. The molecule has 0 unspecified atom stereocenters. The van der Waals surface area contributed by atoms with Crippen molar-refractivity contribution < 1.29 is 73.9 Å². The Labute approximate surface area is 335 Å². The van der Waals surface area contributed by atoms with Crippen molar-refractivity contribution in [1.82, 2.24) is 5.32 Å². The Balaban J connectivity index is 0.000000445. The SMILES string of the molecule is CCCP(=O)(O)O.CCCP(=O)(Oc1ccccc1)Oc1ccccc1.NCCP(=O)(O)O.O=C(NCCP(=O)(Oc1ccccc1)Oc1ccccc1)C(F)(F)F. The maximum Gasteiger partial charge on any atom is 0.471 e. The largest absolute Gasteiger partial charge is 0.471 e. The number of halogens is 3. The van der Waals surface area contributed by atoms with E-state index in [1.165, 1.54) is 24.3 Å². The minimum Gasteiger partial charge on any atom is -0.416 e. The van der Waals surface area contributed by atoms with Gasteiger partial charge in [-0.3, -0.25) is 13.9 Å². The van der Waals surface area contributed by atoms with Crippen molar-refractivity contribution >= 4 is 36.3 Å². The topological polar surface area (TPSA) is 241 Å². The number of carbonyl (C=O) groups is 1. The summed E-state index contributed by atoms with van der Waals surface area (Å²) in [5.74, 6) is -0.503. The summed E-state index contributed by atoms with van der Waals surface area (Å²) >= 11 is 0. The molecular weight excluding hydrogens is 849 g/mol. The van der Waals surface area contributed by atoms with Crippen molar-refractivity contribution in [2.24, 2.45) is 5.73 Å². The lowest BCUT2D eigenvalue weighted by molar-refractivity contribution is -0.173. The molecule has 0 atom stereocenters. The van der Waals surface area contributed by atoms with Crippen LogP contribution >= 0.6 is 30.4 Å². The van der Waals surface area contributed by atoms with E-state index < -0.39 is 55.2 Å². The number of hydrogen-bond acceptors (Lipinski definition) is 10. The molecule has 0 aromatic heterocycles. The number of alkyl halides is 3. The fourth-order valence-electron chi connectivity index (χ4n) is 3.93. The Morgan fingerprint density at radius 1 is 0.552 bits per heavy atom. The van der Waals surface area contributed by atoms with Crippen LogP contribution in [0.15, 0.2) is 121 Å². The van der Waals surface area contributed by atoms with Crippen LogP contribution in [0, 0.1) is 0 Å². The third-order valence-corrected chi connectivity index (χ3v) is 11.9. The molecule has 4 aromatic rings. The second kappa shape index (κ2) is 26.2. The third-order valence-electron chi connectivity index (χ3n) is 6.31. The summed E-state index contributed by atoms with van der Waals surface area (Å²) in [6.45, 7) is 3.22. The van der Waals surface area contributed by atoms with Crippen molar-refractivity contribution in [3.8, 4) is 23.0 Å².